The van der Waals surface area contributed by atoms with Crippen molar-refractivity contribution in [3.63, 3.8) is 0 Å². The van der Waals surface area contributed by atoms with Crippen molar-refractivity contribution in [3.05, 3.63) is 46.7 Å². The van der Waals surface area contributed by atoms with Gasteiger partial charge in [0.15, 0.2) is 0 Å². The van der Waals surface area contributed by atoms with Gasteiger partial charge in [0.05, 0.1) is 4.88 Å². The third kappa shape index (κ3) is 7.10. The zero-order valence-corrected chi connectivity index (χ0v) is 19.4. The summed E-state index contributed by atoms with van der Waals surface area (Å²) in [7, 11) is 0. The highest BCUT2D eigenvalue weighted by molar-refractivity contribution is 7.13. The number of hydrogen-bond acceptors (Lipinski definition) is 5. The van der Waals surface area contributed by atoms with Crippen LogP contribution in [0, 0.1) is 11.8 Å². The Morgan fingerprint density at radius 3 is 2.12 bits per heavy atom. The van der Waals surface area contributed by atoms with E-state index in [0.717, 1.165) is 49.7 Å². The van der Waals surface area contributed by atoms with Gasteiger partial charge >= 0.3 is 0 Å². The van der Waals surface area contributed by atoms with Crippen molar-refractivity contribution in [1.82, 2.24) is 5.48 Å². The molecule has 0 bridgehead atoms. The van der Waals surface area contributed by atoms with E-state index in [-0.39, 0.29) is 23.4 Å². The van der Waals surface area contributed by atoms with Crippen molar-refractivity contribution < 1.29 is 19.6 Å². The molecule has 0 spiro atoms. The molecule has 0 aliphatic heterocycles. The lowest BCUT2D eigenvalue weighted by atomic mass is 9.85. The first-order valence-electron chi connectivity index (χ1n) is 11.7. The summed E-state index contributed by atoms with van der Waals surface area (Å²) >= 11 is 1.37. The molecule has 4 rings (SSSR count). The van der Waals surface area contributed by atoms with Crippen LogP contribution in [0.3, 0.4) is 0 Å². The second-order valence-corrected chi connectivity index (χ2v) is 9.75. The van der Waals surface area contributed by atoms with Crippen molar-refractivity contribution in [2.75, 3.05) is 0 Å². The van der Waals surface area contributed by atoms with E-state index in [4.69, 9.17) is 5.21 Å². The summed E-state index contributed by atoms with van der Waals surface area (Å²) in [5.41, 5.74) is 3.79. The summed E-state index contributed by atoms with van der Waals surface area (Å²) in [6.45, 7) is 0. The maximum atomic E-state index is 12.3. The van der Waals surface area contributed by atoms with E-state index < -0.39 is 0 Å². The monoisotopic (exact) mass is 455 g/mol. The van der Waals surface area contributed by atoms with Gasteiger partial charge in [0.25, 0.3) is 0 Å². The van der Waals surface area contributed by atoms with Gasteiger partial charge in [-0.2, -0.15) is 0 Å². The van der Waals surface area contributed by atoms with Crippen molar-refractivity contribution in [2.24, 2.45) is 11.8 Å². The number of carbonyl (C=O) groups is 3. The third-order valence-corrected chi connectivity index (χ3v) is 7.40. The predicted octanol–water partition coefficient (Wildman–Crippen LogP) is 6.21. The maximum Gasteiger partial charge on any atom is 0.246 e. The molecule has 6 heteroatoms. The number of rotatable bonds is 6. The summed E-state index contributed by atoms with van der Waals surface area (Å²) in [6.07, 6.45) is 11.6. The Hall–Kier alpha value is -2.31. The molecule has 32 heavy (non-hydrogen) atoms. The highest BCUT2D eigenvalue weighted by Crippen LogP contribution is 2.29. The lowest BCUT2D eigenvalue weighted by molar-refractivity contribution is -0.134. The second-order valence-electron chi connectivity index (χ2n) is 8.84. The molecule has 172 valence electrons. The van der Waals surface area contributed by atoms with Crippen LogP contribution in [0.4, 0.5) is 0 Å². The quantitative estimate of drug-likeness (QED) is 0.235. The number of ketones is 2. The van der Waals surface area contributed by atoms with Crippen LogP contribution in [0.2, 0.25) is 0 Å². The molecule has 2 aliphatic carbocycles. The Kier molecular flexibility index (Phi) is 9.62. The largest absolute Gasteiger partial charge is 0.290 e. The molecule has 1 aromatic heterocycles. The van der Waals surface area contributed by atoms with Crippen LogP contribution < -0.4 is 5.48 Å². The lowest BCUT2D eigenvalue weighted by Gasteiger charge is -2.20. The first-order chi connectivity index (χ1) is 15.6. The smallest absolute Gasteiger partial charge is 0.246 e. The molecule has 1 aromatic carbocycles. The van der Waals surface area contributed by atoms with Crippen LogP contribution in [0.25, 0.3) is 11.1 Å². The van der Waals surface area contributed by atoms with Gasteiger partial charge in [0, 0.05) is 12.3 Å². The minimum Gasteiger partial charge on any atom is -0.290 e. The minimum absolute atomic E-state index is 0.0683. The van der Waals surface area contributed by atoms with E-state index in [9.17, 15) is 14.4 Å². The Bertz CT molecular complexity index is 880. The Labute approximate surface area is 194 Å². The molecule has 5 nitrogen and oxygen atoms in total. The molecule has 1 amide bonds. The molecule has 0 atom stereocenters. The minimum atomic E-state index is -0.308. The number of hydroxylamine groups is 1. The topological polar surface area (TPSA) is 83.5 Å². The zero-order valence-electron chi connectivity index (χ0n) is 18.6. The van der Waals surface area contributed by atoms with Gasteiger partial charge in [-0.05, 0) is 41.3 Å². The summed E-state index contributed by atoms with van der Waals surface area (Å²) in [6, 6.07) is 11.8. The van der Waals surface area contributed by atoms with Crippen LogP contribution >= 0.6 is 11.3 Å². The third-order valence-electron chi connectivity index (χ3n) is 6.47. The number of thiophene rings is 1. The van der Waals surface area contributed by atoms with Gasteiger partial charge in [-0.15, -0.1) is 11.3 Å². The van der Waals surface area contributed by atoms with E-state index in [1.807, 2.05) is 41.8 Å². The van der Waals surface area contributed by atoms with Crippen LogP contribution in [0.5, 0.6) is 0 Å². The zero-order chi connectivity index (χ0) is 22.8. The summed E-state index contributed by atoms with van der Waals surface area (Å²) < 4.78 is 0. The molecule has 2 aromatic rings. The normalized spacial score (nSPS) is 17.2. The fraction of sp³-hybridized carbons (Fsp3) is 0.500. The SMILES string of the molecule is O=C(CC1CCCCC1)C(=O)c1cc(-c2ccccc2)cs1.O=C(NO)C1CCCCC1. The van der Waals surface area contributed by atoms with Gasteiger partial charge in [0.1, 0.15) is 0 Å². The molecule has 2 N–H and O–H groups in total. The van der Waals surface area contributed by atoms with Crippen LogP contribution in [-0.2, 0) is 9.59 Å². The molecule has 2 fully saturated rings. The molecule has 0 radical (unpaired) electrons. The van der Waals surface area contributed by atoms with E-state index in [1.165, 1.54) is 37.0 Å². The molecule has 2 saturated carbocycles. The first-order valence-corrected chi connectivity index (χ1v) is 12.6. The number of amides is 1. The highest BCUT2D eigenvalue weighted by atomic mass is 32.1. The van der Waals surface area contributed by atoms with Crippen molar-refractivity contribution >= 4 is 28.8 Å². The summed E-state index contributed by atoms with van der Waals surface area (Å²) in [5, 5.41) is 10.2. The number of benzene rings is 1. The van der Waals surface area contributed by atoms with Gasteiger partial charge in [0.2, 0.25) is 17.5 Å². The number of Topliss-reactive ketones (excluding diaryl/α,β-unsaturated/α-hetero) is 2. The standard InChI is InChI=1S/C19H20O2S.C7H13NO2/c20-17(11-14-7-3-1-4-8-14)19(21)18-12-16(13-22-18)15-9-5-2-6-10-15;9-7(8-10)6-4-2-1-3-5-6/h2,5-6,9-10,12-14H,1,3-4,7-8,11H2;6,10H,1-5H2,(H,8,9). The predicted molar refractivity (Wildman–Crippen MR) is 127 cm³/mol. The Morgan fingerprint density at radius 2 is 1.50 bits per heavy atom. The summed E-state index contributed by atoms with van der Waals surface area (Å²) in [4.78, 5) is 35.9. The molecule has 1 heterocycles. The van der Waals surface area contributed by atoms with Gasteiger partial charge in [-0.3, -0.25) is 19.6 Å². The Morgan fingerprint density at radius 1 is 0.875 bits per heavy atom. The number of carbonyl (C=O) groups excluding carboxylic acids is 3. The maximum absolute atomic E-state index is 12.3. The molecule has 0 saturated heterocycles. The van der Waals surface area contributed by atoms with Crippen LogP contribution in [0.1, 0.15) is 80.3 Å². The average molecular weight is 456 g/mol. The molecular weight excluding hydrogens is 422 g/mol. The second kappa shape index (κ2) is 12.7. The van der Waals surface area contributed by atoms with E-state index in [0.29, 0.717) is 17.2 Å². The van der Waals surface area contributed by atoms with Crippen molar-refractivity contribution in [1.29, 1.82) is 0 Å². The lowest BCUT2D eigenvalue weighted by Crippen LogP contribution is -2.29. The van der Waals surface area contributed by atoms with Gasteiger partial charge in [-0.1, -0.05) is 81.7 Å². The summed E-state index contributed by atoms with van der Waals surface area (Å²) in [5.74, 6) is -0.247. The Balaban J connectivity index is 0.000000243. The molecule has 0 unspecified atom stereocenters. The van der Waals surface area contributed by atoms with E-state index >= 15 is 0 Å². The number of nitrogens with one attached hydrogen (secondary N) is 1. The fourth-order valence-electron chi connectivity index (χ4n) is 4.58. The van der Waals surface area contributed by atoms with E-state index in [1.54, 1.807) is 5.48 Å². The molecular formula is C26H33NO4S. The van der Waals surface area contributed by atoms with Gasteiger partial charge < -0.3 is 0 Å². The fourth-order valence-corrected chi connectivity index (χ4v) is 5.45. The molecule has 2 aliphatic rings. The van der Waals surface area contributed by atoms with Crippen molar-refractivity contribution in [2.45, 2.75) is 70.6 Å². The van der Waals surface area contributed by atoms with Crippen LogP contribution in [0.15, 0.2) is 41.8 Å². The number of hydrogen-bond donors (Lipinski definition) is 2. The van der Waals surface area contributed by atoms with Gasteiger partial charge in [-0.25, -0.2) is 5.48 Å². The van der Waals surface area contributed by atoms with Crippen molar-refractivity contribution in [3.8, 4) is 11.1 Å². The van der Waals surface area contributed by atoms with E-state index in [2.05, 4.69) is 0 Å². The van der Waals surface area contributed by atoms with Crippen LogP contribution in [-0.4, -0.2) is 22.7 Å². The highest BCUT2D eigenvalue weighted by Gasteiger charge is 2.24. The average Bonchev–Trinajstić information content (AvgIpc) is 3.35. The first kappa shape index (κ1) is 24.3.